The van der Waals surface area contributed by atoms with E-state index in [2.05, 4.69) is 42.6 Å². The first-order valence-electron chi connectivity index (χ1n) is 7.20. The van der Waals surface area contributed by atoms with Crippen molar-refractivity contribution < 1.29 is 9.47 Å². The molecule has 1 N–H and O–H groups in total. The lowest BCUT2D eigenvalue weighted by Crippen LogP contribution is -2.16. The van der Waals surface area contributed by atoms with E-state index in [1.165, 1.54) is 16.7 Å². The summed E-state index contributed by atoms with van der Waals surface area (Å²) in [5.41, 5.74) is 3.86. The Labute approximate surface area is 126 Å². The smallest absolute Gasteiger partial charge is 0.160 e. The number of ether oxygens (including phenoxy) is 2. The molecule has 0 bridgehead atoms. The highest BCUT2D eigenvalue weighted by molar-refractivity contribution is 5.42. The minimum atomic E-state index is 0.772. The Morgan fingerprint density at radius 2 is 1.71 bits per heavy atom. The van der Waals surface area contributed by atoms with E-state index in [0.717, 1.165) is 31.0 Å². The van der Waals surface area contributed by atoms with E-state index in [0.29, 0.717) is 0 Å². The Bertz CT molecular complexity index is 581. The summed E-state index contributed by atoms with van der Waals surface area (Å²) in [5, 5.41) is 3.47. The molecular formula is C18H23NO2. The lowest BCUT2D eigenvalue weighted by molar-refractivity contribution is 0.354. The summed E-state index contributed by atoms with van der Waals surface area (Å²) in [6.07, 6.45) is 0.964. The molecule has 3 nitrogen and oxygen atoms in total. The van der Waals surface area contributed by atoms with Crippen molar-refractivity contribution in [3.63, 3.8) is 0 Å². The van der Waals surface area contributed by atoms with Crippen molar-refractivity contribution in [2.24, 2.45) is 0 Å². The molecule has 112 valence electrons. The highest BCUT2D eigenvalue weighted by atomic mass is 16.5. The number of hydrogen-bond acceptors (Lipinski definition) is 3. The minimum absolute atomic E-state index is 0.772. The van der Waals surface area contributed by atoms with Gasteiger partial charge in [0.15, 0.2) is 11.5 Å². The maximum atomic E-state index is 5.32. The maximum absolute atomic E-state index is 5.32. The van der Waals surface area contributed by atoms with Crippen LogP contribution in [0.3, 0.4) is 0 Å². The molecule has 2 aromatic rings. The van der Waals surface area contributed by atoms with Gasteiger partial charge >= 0.3 is 0 Å². The summed E-state index contributed by atoms with van der Waals surface area (Å²) < 4.78 is 10.6. The quantitative estimate of drug-likeness (QED) is 0.791. The first kappa shape index (κ1) is 15.4. The molecule has 0 unspecified atom stereocenters. The van der Waals surface area contributed by atoms with Crippen LogP contribution in [0.25, 0.3) is 0 Å². The Morgan fingerprint density at radius 3 is 2.43 bits per heavy atom. The van der Waals surface area contributed by atoms with E-state index in [1.807, 2.05) is 12.1 Å². The molecule has 2 aromatic carbocycles. The average molecular weight is 285 g/mol. The van der Waals surface area contributed by atoms with Crippen LogP contribution in [-0.2, 0) is 13.0 Å². The van der Waals surface area contributed by atoms with Crippen LogP contribution in [0.4, 0.5) is 0 Å². The highest BCUT2D eigenvalue weighted by Crippen LogP contribution is 2.27. The molecule has 0 spiro atoms. The van der Waals surface area contributed by atoms with Crippen LogP contribution in [-0.4, -0.2) is 20.8 Å². The van der Waals surface area contributed by atoms with Gasteiger partial charge in [0.05, 0.1) is 14.2 Å². The van der Waals surface area contributed by atoms with Gasteiger partial charge in [-0.25, -0.2) is 0 Å². The van der Waals surface area contributed by atoms with Gasteiger partial charge in [0.1, 0.15) is 0 Å². The molecule has 0 fully saturated rings. The van der Waals surface area contributed by atoms with Gasteiger partial charge in [-0.2, -0.15) is 0 Å². The van der Waals surface area contributed by atoms with Crippen LogP contribution < -0.4 is 14.8 Å². The standard InChI is InChI=1S/C18H23NO2/c1-14-5-4-6-16(11-14)13-19-10-9-15-7-8-17(20-2)18(12-15)21-3/h4-8,11-12,19H,9-10,13H2,1-3H3. The van der Waals surface area contributed by atoms with E-state index in [1.54, 1.807) is 14.2 Å². The second kappa shape index (κ2) is 7.70. The van der Waals surface area contributed by atoms with E-state index in [9.17, 15) is 0 Å². The molecule has 0 saturated heterocycles. The first-order valence-corrected chi connectivity index (χ1v) is 7.20. The van der Waals surface area contributed by atoms with Crippen LogP contribution in [0, 0.1) is 6.92 Å². The number of nitrogens with one attached hydrogen (secondary N) is 1. The Kier molecular flexibility index (Phi) is 5.64. The zero-order valence-corrected chi connectivity index (χ0v) is 13.0. The molecule has 21 heavy (non-hydrogen) atoms. The largest absolute Gasteiger partial charge is 0.493 e. The zero-order valence-electron chi connectivity index (χ0n) is 13.0. The fourth-order valence-electron chi connectivity index (χ4n) is 2.32. The van der Waals surface area contributed by atoms with Crippen LogP contribution in [0.1, 0.15) is 16.7 Å². The summed E-state index contributed by atoms with van der Waals surface area (Å²) in [7, 11) is 3.32. The minimum Gasteiger partial charge on any atom is -0.493 e. The molecule has 0 amide bonds. The summed E-state index contributed by atoms with van der Waals surface area (Å²) in [6, 6.07) is 14.6. The number of aryl methyl sites for hydroxylation is 1. The lowest BCUT2D eigenvalue weighted by Gasteiger charge is -2.10. The van der Waals surface area contributed by atoms with Crippen LogP contribution >= 0.6 is 0 Å². The van der Waals surface area contributed by atoms with E-state index >= 15 is 0 Å². The first-order chi connectivity index (χ1) is 10.2. The van der Waals surface area contributed by atoms with Crippen molar-refractivity contribution in [2.45, 2.75) is 19.9 Å². The molecule has 0 heterocycles. The molecule has 2 rings (SSSR count). The second-order valence-electron chi connectivity index (χ2n) is 5.11. The van der Waals surface area contributed by atoms with E-state index in [-0.39, 0.29) is 0 Å². The third-order valence-corrected chi connectivity index (χ3v) is 3.45. The molecule has 3 heteroatoms. The van der Waals surface area contributed by atoms with Gasteiger partial charge < -0.3 is 14.8 Å². The monoisotopic (exact) mass is 285 g/mol. The van der Waals surface area contributed by atoms with Crippen LogP contribution in [0.5, 0.6) is 11.5 Å². The predicted octanol–water partition coefficient (Wildman–Crippen LogP) is 3.34. The third kappa shape index (κ3) is 4.50. The van der Waals surface area contributed by atoms with E-state index < -0.39 is 0 Å². The summed E-state index contributed by atoms with van der Waals surface area (Å²) >= 11 is 0. The lowest BCUT2D eigenvalue weighted by atomic mass is 10.1. The second-order valence-corrected chi connectivity index (χ2v) is 5.11. The molecule has 0 atom stereocenters. The number of rotatable bonds is 7. The number of hydrogen-bond donors (Lipinski definition) is 1. The fraction of sp³-hybridized carbons (Fsp3) is 0.333. The van der Waals surface area contributed by atoms with Crippen molar-refractivity contribution in [3.05, 3.63) is 59.2 Å². The van der Waals surface area contributed by atoms with Crippen molar-refractivity contribution >= 4 is 0 Å². The molecule has 0 aliphatic carbocycles. The van der Waals surface area contributed by atoms with Gasteiger partial charge in [-0.15, -0.1) is 0 Å². The molecule has 0 saturated carbocycles. The van der Waals surface area contributed by atoms with Gasteiger partial charge in [-0.1, -0.05) is 35.9 Å². The SMILES string of the molecule is COc1ccc(CCNCc2cccc(C)c2)cc1OC. The maximum Gasteiger partial charge on any atom is 0.160 e. The van der Waals surface area contributed by atoms with Gasteiger partial charge in [0.2, 0.25) is 0 Å². The summed E-state index contributed by atoms with van der Waals surface area (Å²) in [6.45, 7) is 3.95. The van der Waals surface area contributed by atoms with Crippen molar-refractivity contribution in [1.82, 2.24) is 5.32 Å². The molecule has 0 radical (unpaired) electrons. The van der Waals surface area contributed by atoms with Crippen molar-refractivity contribution in [2.75, 3.05) is 20.8 Å². The zero-order chi connectivity index (χ0) is 15.1. The van der Waals surface area contributed by atoms with Crippen molar-refractivity contribution in [1.29, 1.82) is 0 Å². The van der Waals surface area contributed by atoms with Crippen LogP contribution in [0.15, 0.2) is 42.5 Å². The Morgan fingerprint density at radius 1 is 0.905 bits per heavy atom. The predicted molar refractivity (Wildman–Crippen MR) is 86.1 cm³/mol. The van der Waals surface area contributed by atoms with Gasteiger partial charge in [0, 0.05) is 6.54 Å². The number of benzene rings is 2. The Hall–Kier alpha value is -2.00. The fourth-order valence-corrected chi connectivity index (χ4v) is 2.32. The molecule has 0 aliphatic heterocycles. The molecular weight excluding hydrogens is 262 g/mol. The summed E-state index contributed by atoms with van der Waals surface area (Å²) in [5.74, 6) is 1.56. The van der Waals surface area contributed by atoms with Crippen LogP contribution in [0.2, 0.25) is 0 Å². The topological polar surface area (TPSA) is 30.5 Å². The van der Waals surface area contributed by atoms with Gasteiger partial charge in [-0.3, -0.25) is 0 Å². The normalized spacial score (nSPS) is 10.4. The average Bonchev–Trinajstić information content (AvgIpc) is 2.51. The van der Waals surface area contributed by atoms with Crippen molar-refractivity contribution in [3.8, 4) is 11.5 Å². The molecule has 0 aliphatic rings. The molecule has 0 aromatic heterocycles. The summed E-state index contributed by atoms with van der Waals surface area (Å²) in [4.78, 5) is 0. The Balaban J connectivity index is 1.83. The highest BCUT2D eigenvalue weighted by Gasteiger charge is 2.04. The third-order valence-electron chi connectivity index (χ3n) is 3.45. The van der Waals surface area contributed by atoms with Gasteiger partial charge in [-0.05, 0) is 43.1 Å². The van der Waals surface area contributed by atoms with Gasteiger partial charge in [0.25, 0.3) is 0 Å². The van der Waals surface area contributed by atoms with E-state index in [4.69, 9.17) is 9.47 Å². The number of methoxy groups -OCH3 is 2.